The normalized spacial score (nSPS) is 12.4. The second-order valence-electron chi connectivity index (χ2n) is 4.36. The summed E-state index contributed by atoms with van der Waals surface area (Å²) in [5.74, 6) is 4.13. The summed E-state index contributed by atoms with van der Waals surface area (Å²) in [6.07, 6.45) is 2.36. The van der Waals surface area contributed by atoms with E-state index in [2.05, 4.69) is 13.8 Å². The predicted molar refractivity (Wildman–Crippen MR) is 77.7 cm³/mol. The van der Waals surface area contributed by atoms with Gasteiger partial charge in [-0.2, -0.15) is 11.8 Å². The van der Waals surface area contributed by atoms with Crippen LogP contribution < -0.4 is 10.5 Å². The van der Waals surface area contributed by atoms with Crippen LogP contribution in [0.15, 0.2) is 24.3 Å². The van der Waals surface area contributed by atoms with Gasteiger partial charge in [0.1, 0.15) is 5.75 Å². The smallest absolute Gasteiger partial charge is 0.121 e. The van der Waals surface area contributed by atoms with Crippen molar-refractivity contribution in [2.24, 2.45) is 5.92 Å². The maximum atomic E-state index is 5.68. The summed E-state index contributed by atoms with van der Waals surface area (Å²) >= 11 is 2.02. The Hall–Kier alpha value is -0.830. The molecule has 96 valence electrons. The van der Waals surface area contributed by atoms with Crippen molar-refractivity contribution in [1.29, 1.82) is 0 Å². The highest BCUT2D eigenvalue weighted by Crippen LogP contribution is 2.15. The molecule has 0 saturated carbocycles. The summed E-state index contributed by atoms with van der Waals surface area (Å²) in [4.78, 5) is 0. The number of nitrogens with two attached hydrogens (primary N) is 1. The van der Waals surface area contributed by atoms with Crippen molar-refractivity contribution < 1.29 is 4.74 Å². The first-order valence-electron chi connectivity index (χ1n) is 6.28. The molecule has 0 bridgehead atoms. The van der Waals surface area contributed by atoms with Gasteiger partial charge < -0.3 is 10.5 Å². The molecule has 0 fully saturated rings. The number of anilines is 1. The summed E-state index contributed by atoms with van der Waals surface area (Å²) < 4.78 is 5.63. The highest BCUT2D eigenvalue weighted by atomic mass is 32.2. The third kappa shape index (κ3) is 6.47. The van der Waals surface area contributed by atoms with Gasteiger partial charge in [-0.15, -0.1) is 0 Å². The first-order valence-corrected chi connectivity index (χ1v) is 7.44. The van der Waals surface area contributed by atoms with E-state index < -0.39 is 0 Å². The molecule has 1 aromatic carbocycles. The molecule has 17 heavy (non-hydrogen) atoms. The first-order chi connectivity index (χ1) is 8.22. The molecular weight excluding hydrogens is 230 g/mol. The first kappa shape index (κ1) is 14.2. The minimum Gasteiger partial charge on any atom is -0.493 e. The van der Waals surface area contributed by atoms with Crippen LogP contribution in [0.4, 0.5) is 5.69 Å². The lowest BCUT2D eigenvalue weighted by Crippen LogP contribution is -2.01. The summed E-state index contributed by atoms with van der Waals surface area (Å²) in [6.45, 7) is 5.32. The van der Waals surface area contributed by atoms with Crippen molar-refractivity contribution in [3.63, 3.8) is 0 Å². The van der Waals surface area contributed by atoms with Gasteiger partial charge in [-0.1, -0.05) is 26.3 Å². The molecule has 0 spiro atoms. The van der Waals surface area contributed by atoms with E-state index in [-0.39, 0.29) is 0 Å². The fraction of sp³-hybridized carbons (Fsp3) is 0.571. The Morgan fingerprint density at radius 2 is 2.24 bits per heavy atom. The molecule has 1 rings (SSSR count). The molecule has 1 aromatic rings. The summed E-state index contributed by atoms with van der Waals surface area (Å²) in [5, 5.41) is 0. The summed E-state index contributed by atoms with van der Waals surface area (Å²) in [6, 6.07) is 7.60. The van der Waals surface area contributed by atoms with Crippen molar-refractivity contribution >= 4 is 17.4 Å². The van der Waals surface area contributed by atoms with Crippen LogP contribution in [0.25, 0.3) is 0 Å². The van der Waals surface area contributed by atoms with Gasteiger partial charge >= 0.3 is 0 Å². The summed E-state index contributed by atoms with van der Waals surface area (Å²) in [5.41, 5.74) is 6.43. The van der Waals surface area contributed by atoms with Gasteiger partial charge in [0, 0.05) is 11.8 Å². The zero-order chi connectivity index (χ0) is 12.5. The van der Waals surface area contributed by atoms with Gasteiger partial charge in [-0.05, 0) is 36.0 Å². The molecule has 2 nitrogen and oxygen atoms in total. The van der Waals surface area contributed by atoms with Crippen LogP contribution in [0.5, 0.6) is 5.75 Å². The van der Waals surface area contributed by atoms with Gasteiger partial charge in [0.2, 0.25) is 0 Å². The molecule has 0 aromatic heterocycles. The molecule has 0 radical (unpaired) electrons. The molecule has 0 amide bonds. The largest absolute Gasteiger partial charge is 0.493 e. The van der Waals surface area contributed by atoms with E-state index in [4.69, 9.17) is 10.5 Å². The Labute approximate surface area is 109 Å². The average molecular weight is 253 g/mol. The molecule has 3 heteroatoms. The van der Waals surface area contributed by atoms with E-state index in [1.54, 1.807) is 0 Å². The lowest BCUT2D eigenvalue weighted by atomic mass is 10.2. The molecule has 0 aliphatic rings. The zero-order valence-corrected chi connectivity index (χ0v) is 11.6. The monoisotopic (exact) mass is 253 g/mol. The van der Waals surface area contributed by atoms with Crippen LogP contribution in [0.2, 0.25) is 0 Å². The van der Waals surface area contributed by atoms with Crippen LogP contribution in [0.1, 0.15) is 26.7 Å². The van der Waals surface area contributed by atoms with Gasteiger partial charge in [0.25, 0.3) is 0 Å². The van der Waals surface area contributed by atoms with Crippen molar-refractivity contribution in [2.45, 2.75) is 26.7 Å². The molecule has 0 aliphatic carbocycles. The van der Waals surface area contributed by atoms with Gasteiger partial charge in [-0.3, -0.25) is 0 Å². The minimum absolute atomic E-state index is 0.758. The Morgan fingerprint density at radius 1 is 1.41 bits per heavy atom. The van der Waals surface area contributed by atoms with Crippen molar-refractivity contribution in [1.82, 2.24) is 0 Å². The number of hydrogen-bond donors (Lipinski definition) is 1. The second kappa shape index (κ2) is 8.29. The molecular formula is C14H23NOS. The van der Waals surface area contributed by atoms with Gasteiger partial charge in [0.15, 0.2) is 0 Å². The maximum absolute atomic E-state index is 5.68. The highest BCUT2D eigenvalue weighted by molar-refractivity contribution is 7.99. The number of ether oxygens (including phenoxy) is 1. The number of nitrogen functional groups attached to an aromatic ring is 1. The third-order valence-corrected chi connectivity index (χ3v) is 4.04. The van der Waals surface area contributed by atoms with Crippen molar-refractivity contribution in [3.05, 3.63) is 24.3 Å². The predicted octanol–water partition coefficient (Wildman–Crippen LogP) is 3.82. The van der Waals surface area contributed by atoms with E-state index in [0.717, 1.165) is 30.4 Å². The lowest BCUT2D eigenvalue weighted by molar-refractivity contribution is 0.319. The number of rotatable bonds is 8. The standard InChI is InChI=1S/C14H23NOS/c1-3-12(2)11-17-9-5-8-16-14-7-4-6-13(15)10-14/h4,6-7,10,12H,3,5,8-9,11,15H2,1-2H3. The number of hydrogen-bond acceptors (Lipinski definition) is 3. The maximum Gasteiger partial charge on any atom is 0.121 e. The highest BCUT2D eigenvalue weighted by Gasteiger charge is 1.99. The molecule has 0 heterocycles. The van der Waals surface area contributed by atoms with Crippen LogP contribution in [0.3, 0.4) is 0 Å². The second-order valence-corrected chi connectivity index (χ2v) is 5.51. The minimum atomic E-state index is 0.758. The van der Waals surface area contributed by atoms with E-state index in [9.17, 15) is 0 Å². The number of thioether (sulfide) groups is 1. The van der Waals surface area contributed by atoms with E-state index >= 15 is 0 Å². The SMILES string of the molecule is CCC(C)CSCCCOc1cccc(N)c1. The van der Waals surface area contributed by atoms with E-state index in [0.29, 0.717) is 0 Å². The molecule has 0 aliphatic heterocycles. The van der Waals surface area contributed by atoms with Gasteiger partial charge in [-0.25, -0.2) is 0 Å². The fourth-order valence-corrected chi connectivity index (χ4v) is 2.48. The molecule has 2 N–H and O–H groups in total. The molecule has 0 saturated heterocycles. The van der Waals surface area contributed by atoms with Crippen LogP contribution >= 0.6 is 11.8 Å². The van der Waals surface area contributed by atoms with Crippen molar-refractivity contribution in [2.75, 3.05) is 23.8 Å². The van der Waals surface area contributed by atoms with Crippen LogP contribution in [-0.2, 0) is 0 Å². The summed E-state index contributed by atoms with van der Waals surface area (Å²) in [7, 11) is 0. The van der Waals surface area contributed by atoms with Crippen LogP contribution in [-0.4, -0.2) is 18.1 Å². The molecule has 1 atom stereocenters. The van der Waals surface area contributed by atoms with E-state index in [1.807, 2.05) is 36.0 Å². The van der Waals surface area contributed by atoms with Crippen LogP contribution in [0, 0.1) is 5.92 Å². The zero-order valence-electron chi connectivity index (χ0n) is 10.8. The third-order valence-electron chi connectivity index (χ3n) is 2.66. The number of benzene rings is 1. The molecule has 1 unspecified atom stereocenters. The van der Waals surface area contributed by atoms with Gasteiger partial charge in [0.05, 0.1) is 6.61 Å². The Kier molecular flexibility index (Phi) is 6.94. The lowest BCUT2D eigenvalue weighted by Gasteiger charge is -2.08. The Balaban J connectivity index is 2.05. The Bertz CT molecular complexity index is 317. The average Bonchev–Trinajstić information content (AvgIpc) is 2.33. The Morgan fingerprint density at radius 3 is 2.94 bits per heavy atom. The topological polar surface area (TPSA) is 35.2 Å². The van der Waals surface area contributed by atoms with Crippen molar-refractivity contribution in [3.8, 4) is 5.75 Å². The van der Waals surface area contributed by atoms with E-state index in [1.165, 1.54) is 17.9 Å². The fourth-order valence-electron chi connectivity index (χ4n) is 1.36. The quantitative estimate of drug-likeness (QED) is 0.565.